The van der Waals surface area contributed by atoms with E-state index in [1.54, 1.807) is 6.07 Å². The number of amides is 2. The summed E-state index contributed by atoms with van der Waals surface area (Å²) in [6.07, 6.45) is 6.91. The van der Waals surface area contributed by atoms with Crippen molar-refractivity contribution < 1.29 is 14.0 Å². The van der Waals surface area contributed by atoms with Crippen LogP contribution in [-0.2, 0) is 9.59 Å². The van der Waals surface area contributed by atoms with E-state index in [0.717, 1.165) is 22.6 Å². The van der Waals surface area contributed by atoms with Gasteiger partial charge in [-0.15, -0.1) is 0 Å². The van der Waals surface area contributed by atoms with Crippen molar-refractivity contribution in [3.8, 4) is 11.3 Å². The fourth-order valence-corrected chi connectivity index (χ4v) is 5.67. The van der Waals surface area contributed by atoms with Gasteiger partial charge in [0.2, 0.25) is 0 Å². The number of rotatable bonds is 3. The van der Waals surface area contributed by atoms with Crippen LogP contribution >= 0.6 is 11.6 Å². The average Bonchev–Trinajstić information content (AvgIpc) is 3.36. The fourth-order valence-electron chi connectivity index (χ4n) is 5.49. The van der Waals surface area contributed by atoms with E-state index in [9.17, 15) is 9.59 Å². The number of aryl methyl sites for hydroxylation is 1. The molecule has 1 aliphatic heterocycles. The predicted molar refractivity (Wildman–Crippen MR) is 108 cm³/mol. The van der Waals surface area contributed by atoms with Crippen molar-refractivity contribution in [2.24, 2.45) is 40.6 Å². The number of hydrazone groups is 1. The maximum Gasteiger partial charge on any atom is 0.254 e. The molecule has 3 fully saturated rings. The SMILES string of the molecule is Cc1ccc(-c2ccc(/C=N\N3C(=O)[C@@H]4[C@@H]5C=C[C@H]([C@@H]6C[C@H]56)[C@@H]4C3=O)o2)cc1Cl. The molecule has 5 nitrogen and oxygen atoms in total. The fraction of sp³-hybridized carbons (Fsp3) is 0.348. The van der Waals surface area contributed by atoms with Gasteiger partial charge in [-0.25, -0.2) is 0 Å². The molecule has 2 aromatic rings. The molecule has 6 heteroatoms. The Morgan fingerprint density at radius 2 is 1.76 bits per heavy atom. The summed E-state index contributed by atoms with van der Waals surface area (Å²) in [5.41, 5.74) is 1.86. The van der Waals surface area contributed by atoms with Crippen LogP contribution in [0.1, 0.15) is 17.7 Å². The smallest absolute Gasteiger partial charge is 0.254 e. The molecule has 6 atom stereocenters. The minimum atomic E-state index is -0.236. The number of nitrogens with zero attached hydrogens (tertiary/aromatic N) is 2. The number of carbonyl (C=O) groups excluding carboxylic acids is 2. The Kier molecular flexibility index (Phi) is 3.52. The van der Waals surface area contributed by atoms with Crippen molar-refractivity contribution in [3.05, 3.63) is 58.8 Å². The molecule has 0 N–H and O–H groups in total. The van der Waals surface area contributed by atoms with Gasteiger partial charge in [0.1, 0.15) is 11.5 Å². The molecule has 0 spiro atoms. The summed E-state index contributed by atoms with van der Waals surface area (Å²) in [4.78, 5) is 25.9. The summed E-state index contributed by atoms with van der Waals surface area (Å²) in [6, 6.07) is 9.32. The highest BCUT2D eigenvalue weighted by atomic mass is 35.5. The molecule has 0 unspecified atom stereocenters. The standard InChI is InChI=1S/C23H19ClN2O3/c1-11-2-3-12(8-18(11)24)19-7-4-13(29-19)10-25-26-22(27)20-14-5-6-15(17-9-16(14)17)21(20)23(26)28/h2-8,10,14-17,20-21H,9H2,1H3/b25-10-/t14-,15-,16-,17+,20-,21+/m1/s1. The molecular weight excluding hydrogens is 388 g/mol. The second-order valence-corrected chi connectivity index (χ2v) is 8.96. The molecule has 7 rings (SSSR count). The maximum absolute atomic E-state index is 12.9. The van der Waals surface area contributed by atoms with Gasteiger partial charge in [0.15, 0.2) is 0 Å². The average molecular weight is 407 g/mol. The zero-order valence-corrected chi connectivity index (χ0v) is 16.5. The molecule has 2 amide bonds. The minimum Gasteiger partial charge on any atom is -0.455 e. The lowest BCUT2D eigenvalue weighted by atomic mass is 9.63. The van der Waals surface area contributed by atoms with Crippen molar-refractivity contribution >= 4 is 29.6 Å². The molecule has 4 aliphatic carbocycles. The lowest BCUT2D eigenvalue weighted by molar-refractivity contribution is -0.140. The third kappa shape index (κ3) is 2.43. The molecule has 2 bridgehead atoms. The van der Waals surface area contributed by atoms with E-state index >= 15 is 0 Å². The minimum absolute atomic E-state index is 0.168. The van der Waals surface area contributed by atoms with Crippen LogP contribution in [0.15, 0.2) is 52.0 Å². The molecule has 5 aliphatic rings. The van der Waals surface area contributed by atoms with Gasteiger partial charge in [-0.2, -0.15) is 10.1 Å². The predicted octanol–water partition coefficient (Wildman–Crippen LogP) is 4.30. The number of imide groups is 1. The summed E-state index contributed by atoms with van der Waals surface area (Å²) in [5.74, 6) is 1.90. The van der Waals surface area contributed by atoms with Crippen molar-refractivity contribution in [1.82, 2.24) is 5.01 Å². The van der Waals surface area contributed by atoms with Crippen molar-refractivity contribution in [2.75, 3.05) is 0 Å². The van der Waals surface area contributed by atoms with E-state index < -0.39 is 0 Å². The molecular formula is C23H19ClN2O3. The van der Waals surface area contributed by atoms with Gasteiger partial charge in [0, 0.05) is 10.6 Å². The second kappa shape index (κ2) is 5.92. The van der Waals surface area contributed by atoms with Gasteiger partial charge in [-0.05, 0) is 60.8 Å². The van der Waals surface area contributed by atoms with Gasteiger partial charge >= 0.3 is 0 Å². The highest BCUT2D eigenvalue weighted by Gasteiger charge is 2.67. The van der Waals surface area contributed by atoms with Gasteiger partial charge in [-0.1, -0.05) is 35.9 Å². The molecule has 0 radical (unpaired) electrons. The van der Waals surface area contributed by atoms with Gasteiger partial charge in [-0.3, -0.25) is 9.59 Å². The third-order valence-corrected chi connectivity index (χ3v) is 7.43. The number of hydrogen-bond donors (Lipinski definition) is 0. The molecule has 1 aromatic carbocycles. The Balaban J connectivity index is 1.24. The first-order valence-corrected chi connectivity index (χ1v) is 10.4. The Bertz CT molecular complexity index is 1080. The topological polar surface area (TPSA) is 62.9 Å². The van der Waals surface area contributed by atoms with E-state index in [-0.39, 0.29) is 35.5 Å². The Labute approximate surface area is 173 Å². The first-order chi connectivity index (χ1) is 14.0. The summed E-state index contributed by atoms with van der Waals surface area (Å²) in [6.45, 7) is 1.94. The lowest BCUT2D eigenvalue weighted by Gasteiger charge is -2.37. The molecule has 1 saturated heterocycles. The Morgan fingerprint density at radius 3 is 2.41 bits per heavy atom. The van der Waals surface area contributed by atoms with Crippen LogP contribution in [0.3, 0.4) is 0 Å². The van der Waals surface area contributed by atoms with E-state index in [1.807, 2.05) is 31.2 Å². The molecule has 1 aromatic heterocycles. The highest BCUT2D eigenvalue weighted by molar-refractivity contribution is 6.31. The number of hydrogen-bond acceptors (Lipinski definition) is 4. The number of carbonyl (C=O) groups is 2. The lowest BCUT2D eigenvalue weighted by Crippen LogP contribution is -2.40. The zero-order chi connectivity index (χ0) is 19.9. The van der Waals surface area contributed by atoms with Gasteiger partial charge in [0.05, 0.1) is 18.1 Å². The van der Waals surface area contributed by atoms with Crippen LogP contribution in [0.4, 0.5) is 0 Å². The Hall–Kier alpha value is -2.66. The van der Waals surface area contributed by atoms with Crippen LogP contribution in [0.25, 0.3) is 11.3 Å². The summed E-state index contributed by atoms with van der Waals surface area (Å²) < 4.78 is 5.82. The maximum atomic E-state index is 12.9. The third-order valence-electron chi connectivity index (χ3n) is 7.02. The monoisotopic (exact) mass is 406 g/mol. The molecule has 2 heterocycles. The van der Waals surface area contributed by atoms with Crippen LogP contribution in [0, 0.1) is 42.4 Å². The second-order valence-electron chi connectivity index (χ2n) is 8.55. The number of allylic oxidation sites excluding steroid dienone is 2. The van der Waals surface area contributed by atoms with Crippen LogP contribution in [0.5, 0.6) is 0 Å². The van der Waals surface area contributed by atoms with Crippen LogP contribution in [0.2, 0.25) is 5.02 Å². The van der Waals surface area contributed by atoms with Gasteiger partial charge in [0.25, 0.3) is 11.8 Å². The van der Waals surface area contributed by atoms with E-state index in [2.05, 4.69) is 17.3 Å². The molecule has 2 saturated carbocycles. The first kappa shape index (κ1) is 17.2. The van der Waals surface area contributed by atoms with Crippen molar-refractivity contribution in [2.45, 2.75) is 13.3 Å². The van der Waals surface area contributed by atoms with Crippen LogP contribution < -0.4 is 0 Å². The van der Waals surface area contributed by atoms with E-state index in [1.165, 1.54) is 6.21 Å². The van der Waals surface area contributed by atoms with Gasteiger partial charge < -0.3 is 4.42 Å². The largest absolute Gasteiger partial charge is 0.455 e. The normalized spacial score (nSPS) is 34.2. The van der Waals surface area contributed by atoms with E-state index in [0.29, 0.717) is 28.4 Å². The number of halogens is 1. The number of benzene rings is 1. The van der Waals surface area contributed by atoms with Crippen LogP contribution in [-0.4, -0.2) is 23.0 Å². The first-order valence-electron chi connectivity index (χ1n) is 9.99. The van der Waals surface area contributed by atoms with Crippen molar-refractivity contribution in [3.63, 3.8) is 0 Å². The highest BCUT2D eigenvalue weighted by Crippen LogP contribution is 2.65. The summed E-state index contributed by atoms with van der Waals surface area (Å²) >= 11 is 6.20. The number of furan rings is 1. The zero-order valence-electron chi connectivity index (χ0n) is 15.8. The molecule has 146 valence electrons. The summed E-state index contributed by atoms with van der Waals surface area (Å²) in [5, 5.41) is 5.96. The molecule has 29 heavy (non-hydrogen) atoms. The Morgan fingerprint density at radius 1 is 1.07 bits per heavy atom. The van der Waals surface area contributed by atoms with E-state index in [4.69, 9.17) is 16.0 Å². The quantitative estimate of drug-likeness (QED) is 0.434. The summed E-state index contributed by atoms with van der Waals surface area (Å²) in [7, 11) is 0. The van der Waals surface area contributed by atoms with Crippen molar-refractivity contribution in [1.29, 1.82) is 0 Å².